The molecule has 2 aliphatic heterocycles. The molecule has 6 N–H and O–H groups in total. The number of aliphatic hydroxyl groups is 2. The average molecular weight is 565 g/mol. The van der Waals surface area contributed by atoms with Crippen molar-refractivity contribution in [3.05, 3.63) is 31.7 Å². The average Bonchev–Trinajstić information content (AvgIpc) is 3.61. The van der Waals surface area contributed by atoms with Gasteiger partial charge < -0.3 is 31.2 Å². The van der Waals surface area contributed by atoms with Gasteiger partial charge in [0.1, 0.15) is 18.6 Å². The minimum atomic E-state index is -0.809. The minimum Gasteiger partial charge on any atom is -0.394 e. The SMILES string of the molecule is CC[C@H]1O[C@@H](n2c(=O)sc3cnc(N)nc32)C[C@@H]1C.Nc1ncc2sc(=O)n([C@H]3C[C@H](O)[C@@H](CO)O3)c2n1. The van der Waals surface area contributed by atoms with Crippen LogP contribution < -0.4 is 21.2 Å². The first kappa shape index (κ1) is 26.6. The maximum absolute atomic E-state index is 12.1. The van der Waals surface area contributed by atoms with Crippen LogP contribution in [-0.4, -0.2) is 64.2 Å². The highest BCUT2D eigenvalue weighted by Gasteiger charge is 2.36. The molecule has 0 aromatic carbocycles. The zero-order valence-corrected chi connectivity index (χ0v) is 22.3. The topological polar surface area (TPSA) is 207 Å². The number of hydrogen-bond acceptors (Lipinski definition) is 14. The molecule has 6 heterocycles. The lowest BCUT2D eigenvalue weighted by atomic mass is 10.0. The third-order valence-corrected chi connectivity index (χ3v) is 8.41. The standard InChI is InChI=1S/C12H16N4O2S.C10H12N4O4S/c1-3-7-6(2)4-9(18-7)16-10-8(19-12(16)17)5-14-11(13)15-10;11-9-12-2-6-8(13-9)14(10(17)19-6)7-1-4(16)5(3-15)18-7/h5-7,9H,3-4H2,1-2H3,(H2,13,14,15);2,4-5,7,15-16H,1,3H2,(H2,11,12,13)/t6-,7+,9+;4-,5+,7+/m00/s1. The van der Waals surface area contributed by atoms with E-state index >= 15 is 0 Å². The summed E-state index contributed by atoms with van der Waals surface area (Å²) in [5.74, 6) is 0.685. The molecule has 2 saturated heterocycles. The monoisotopic (exact) mass is 564 g/mol. The van der Waals surface area contributed by atoms with Gasteiger partial charge >= 0.3 is 9.75 Å². The summed E-state index contributed by atoms with van der Waals surface area (Å²) in [5.41, 5.74) is 12.1. The number of nitrogens with zero attached hydrogens (tertiary/aromatic N) is 6. The van der Waals surface area contributed by atoms with Crippen molar-refractivity contribution in [2.75, 3.05) is 18.1 Å². The molecule has 4 aromatic rings. The molecule has 0 bridgehead atoms. The molecule has 2 aliphatic rings. The molecular formula is C22H28N8O6S2. The van der Waals surface area contributed by atoms with Crippen LogP contribution in [0.5, 0.6) is 0 Å². The molecule has 204 valence electrons. The predicted octanol–water partition coefficient (Wildman–Crippen LogP) is 0.845. The number of rotatable bonds is 4. The highest BCUT2D eigenvalue weighted by Crippen LogP contribution is 2.36. The number of ether oxygens (including phenoxy) is 2. The second kappa shape index (κ2) is 10.6. The summed E-state index contributed by atoms with van der Waals surface area (Å²) in [6.07, 6.45) is 2.89. The molecule has 0 spiro atoms. The molecule has 6 atom stereocenters. The van der Waals surface area contributed by atoms with Gasteiger partial charge in [0, 0.05) is 6.42 Å². The Morgan fingerprint density at radius 3 is 1.89 bits per heavy atom. The van der Waals surface area contributed by atoms with E-state index in [1.807, 2.05) is 0 Å². The van der Waals surface area contributed by atoms with E-state index in [1.165, 1.54) is 10.8 Å². The molecule has 0 unspecified atom stereocenters. The van der Waals surface area contributed by atoms with Gasteiger partial charge in [0.2, 0.25) is 11.9 Å². The summed E-state index contributed by atoms with van der Waals surface area (Å²) < 4.78 is 15.7. The van der Waals surface area contributed by atoms with E-state index in [0.717, 1.165) is 40.2 Å². The summed E-state index contributed by atoms with van der Waals surface area (Å²) in [4.78, 5) is 39.8. The molecule has 6 rings (SSSR count). The Morgan fingerprint density at radius 1 is 0.947 bits per heavy atom. The van der Waals surface area contributed by atoms with Crippen molar-refractivity contribution in [1.82, 2.24) is 29.1 Å². The normalized spacial score (nSPS) is 27.2. The zero-order valence-electron chi connectivity index (χ0n) is 20.6. The molecule has 16 heteroatoms. The van der Waals surface area contributed by atoms with Gasteiger partial charge in [-0.3, -0.25) is 18.7 Å². The smallest absolute Gasteiger partial charge is 0.311 e. The van der Waals surface area contributed by atoms with Gasteiger partial charge in [-0.25, -0.2) is 9.97 Å². The first-order valence-electron chi connectivity index (χ1n) is 12.1. The van der Waals surface area contributed by atoms with Crippen LogP contribution in [0.3, 0.4) is 0 Å². The lowest BCUT2D eigenvalue weighted by molar-refractivity contribution is -0.0437. The number of aromatic nitrogens is 6. The number of anilines is 2. The van der Waals surface area contributed by atoms with Gasteiger partial charge in [0.25, 0.3) is 0 Å². The van der Waals surface area contributed by atoms with Crippen LogP contribution in [0.1, 0.15) is 45.6 Å². The van der Waals surface area contributed by atoms with Crippen LogP contribution in [-0.2, 0) is 9.47 Å². The van der Waals surface area contributed by atoms with Crippen molar-refractivity contribution in [1.29, 1.82) is 0 Å². The fraction of sp³-hybridized carbons (Fsp3) is 0.545. The summed E-state index contributed by atoms with van der Waals surface area (Å²) in [6, 6.07) is 0. The van der Waals surface area contributed by atoms with Crippen molar-refractivity contribution < 1.29 is 19.7 Å². The first-order valence-corrected chi connectivity index (χ1v) is 13.7. The molecular weight excluding hydrogens is 536 g/mol. The number of nitrogens with two attached hydrogens (primary N) is 2. The molecule has 0 aliphatic carbocycles. The summed E-state index contributed by atoms with van der Waals surface area (Å²) in [5, 5.41) is 18.8. The van der Waals surface area contributed by atoms with Gasteiger partial charge in [0.15, 0.2) is 11.3 Å². The number of fused-ring (bicyclic) bond motifs is 2. The van der Waals surface area contributed by atoms with Crippen molar-refractivity contribution >= 4 is 55.3 Å². The third-order valence-electron chi connectivity index (χ3n) is 6.66. The first-order chi connectivity index (χ1) is 18.2. The third kappa shape index (κ3) is 4.90. The quantitative estimate of drug-likeness (QED) is 0.272. The van der Waals surface area contributed by atoms with E-state index in [2.05, 4.69) is 33.8 Å². The number of thiazole rings is 2. The number of aliphatic hydroxyl groups excluding tert-OH is 2. The van der Waals surface area contributed by atoms with Gasteiger partial charge in [-0.1, -0.05) is 36.5 Å². The second-order valence-corrected chi connectivity index (χ2v) is 11.2. The summed E-state index contributed by atoms with van der Waals surface area (Å²) >= 11 is 2.12. The van der Waals surface area contributed by atoms with Crippen LogP contribution in [0.2, 0.25) is 0 Å². The molecule has 0 saturated carbocycles. The van der Waals surface area contributed by atoms with Crippen molar-refractivity contribution in [3.63, 3.8) is 0 Å². The predicted molar refractivity (Wildman–Crippen MR) is 142 cm³/mol. The number of nitrogen functional groups attached to an aromatic ring is 2. The van der Waals surface area contributed by atoms with Crippen LogP contribution in [0.15, 0.2) is 22.0 Å². The maximum atomic E-state index is 12.1. The van der Waals surface area contributed by atoms with Gasteiger partial charge in [-0.2, -0.15) is 9.97 Å². The van der Waals surface area contributed by atoms with Gasteiger partial charge in [0.05, 0.1) is 40.6 Å². The Hall–Kier alpha value is -3.02. The molecule has 38 heavy (non-hydrogen) atoms. The minimum absolute atomic E-state index is 0.0659. The summed E-state index contributed by atoms with van der Waals surface area (Å²) in [7, 11) is 0. The van der Waals surface area contributed by atoms with E-state index in [1.54, 1.807) is 10.8 Å². The molecule has 0 amide bonds. The zero-order chi connectivity index (χ0) is 27.1. The van der Waals surface area contributed by atoms with E-state index in [-0.39, 0.29) is 47.0 Å². The van der Waals surface area contributed by atoms with E-state index in [0.29, 0.717) is 21.9 Å². The van der Waals surface area contributed by atoms with E-state index < -0.39 is 18.4 Å². The fourth-order valence-corrected chi connectivity index (χ4v) is 6.43. The largest absolute Gasteiger partial charge is 0.394 e. The van der Waals surface area contributed by atoms with Gasteiger partial charge in [-0.05, 0) is 18.8 Å². The Kier molecular flexibility index (Phi) is 7.43. The Morgan fingerprint density at radius 2 is 1.45 bits per heavy atom. The molecule has 2 fully saturated rings. The number of hydrogen-bond donors (Lipinski definition) is 4. The lowest BCUT2D eigenvalue weighted by Gasteiger charge is -2.14. The summed E-state index contributed by atoms with van der Waals surface area (Å²) in [6.45, 7) is 3.95. The van der Waals surface area contributed by atoms with Crippen molar-refractivity contribution in [2.24, 2.45) is 5.92 Å². The van der Waals surface area contributed by atoms with Crippen LogP contribution in [0.25, 0.3) is 20.7 Å². The van der Waals surface area contributed by atoms with Crippen molar-refractivity contribution in [2.45, 2.75) is 63.9 Å². The molecule has 0 radical (unpaired) electrons. The Balaban J connectivity index is 0.000000155. The van der Waals surface area contributed by atoms with Gasteiger partial charge in [-0.15, -0.1) is 0 Å². The van der Waals surface area contributed by atoms with Crippen LogP contribution in [0, 0.1) is 5.92 Å². The van der Waals surface area contributed by atoms with E-state index in [9.17, 15) is 14.7 Å². The van der Waals surface area contributed by atoms with Crippen LogP contribution in [0.4, 0.5) is 11.9 Å². The second-order valence-electron chi connectivity index (χ2n) is 9.17. The van der Waals surface area contributed by atoms with Crippen molar-refractivity contribution in [3.8, 4) is 0 Å². The molecule has 4 aromatic heterocycles. The van der Waals surface area contributed by atoms with Crippen LogP contribution >= 0.6 is 22.7 Å². The maximum Gasteiger partial charge on any atom is 0.311 e. The Labute approximate surface area is 223 Å². The van der Waals surface area contributed by atoms with E-state index in [4.69, 9.17) is 26.0 Å². The lowest BCUT2D eigenvalue weighted by Crippen LogP contribution is -2.24. The highest BCUT2D eigenvalue weighted by molar-refractivity contribution is 7.16. The fourth-order valence-electron chi connectivity index (χ4n) is 4.77. The Bertz CT molecular complexity index is 1450. The molecule has 14 nitrogen and oxygen atoms in total. The highest BCUT2D eigenvalue weighted by atomic mass is 32.1.